The zero-order valence-electron chi connectivity index (χ0n) is 19.3. The number of carboxylic acids is 1. The summed E-state index contributed by atoms with van der Waals surface area (Å²) >= 11 is 5.79. The van der Waals surface area contributed by atoms with Gasteiger partial charge >= 0.3 is 5.97 Å². The Labute approximate surface area is 200 Å². The van der Waals surface area contributed by atoms with Crippen LogP contribution in [0.1, 0.15) is 54.5 Å². The first-order chi connectivity index (χ1) is 15.7. The fourth-order valence-corrected chi connectivity index (χ4v) is 4.77. The van der Waals surface area contributed by atoms with E-state index in [0.29, 0.717) is 19.4 Å². The summed E-state index contributed by atoms with van der Waals surface area (Å²) in [6.45, 7) is 5.48. The van der Waals surface area contributed by atoms with Crippen molar-refractivity contribution in [3.8, 4) is 0 Å². The van der Waals surface area contributed by atoms with Crippen molar-refractivity contribution in [2.75, 3.05) is 19.7 Å². The highest BCUT2D eigenvalue weighted by Gasteiger charge is 2.27. The van der Waals surface area contributed by atoms with Crippen LogP contribution in [-0.2, 0) is 22.4 Å². The second-order valence-electron chi connectivity index (χ2n) is 8.91. The standard InChI is InChI=1S/C26H33ClFNO4/c1-17-5-3-7-23(22(17)9-11-26(31)32)18(2)33-16-21(30)15-29-12-4-6-20(29)13-19-8-10-24(27)25(28)14-19/h3,5,7-8,10,14,18,20-21,30H,4,6,9,11-13,15-16H2,1-2H3,(H,31,32)/t18-,20+,21-/m1/s1. The lowest BCUT2D eigenvalue weighted by Gasteiger charge is -2.28. The van der Waals surface area contributed by atoms with Crippen LogP contribution in [0.5, 0.6) is 0 Å². The summed E-state index contributed by atoms with van der Waals surface area (Å²) in [5.41, 5.74) is 3.91. The Balaban J connectivity index is 1.54. The third-order valence-corrected chi connectivity index (χ3v) is 6.72. The SMILES string of the molecule is Cc1cccc([C@@H](C)OC[C@H](O)CN2CCC[C@H]2Cc2ccc(Cl)c(F)c2)c1CCC(=O)O. The van der Waals surface area contributed by atoms with Gasteiger partial charge in [-0.2, -0.15) is 0 Å². The van der Waals surface area contributed by atoms with Gasteiger partial charge in [0.1, 0.15) is 5.82 Å². The summed E-state index contributed by atoms with van der Waals surface area (Å²) in [6, 6.07) is 11.1. The molecule has 0 aromatic heterocycles. The number of ether oxygens (including phenoxy) is 1. The molecule has 2 aromatic rings. The molecular weight excluding hydrogens is 445 g/mol. The number of rotatable bonds is 11. The molecule has 5 nitrogen and oxygen atoms in total. The second-order valence-corrected chi connectivity index (χ2v) is 9.32. The van der Waals surface area contributed by atoms with Crippen LogP contribution < -0.4 is 0 Å². The fourth-order valence-electron chi connectivity index (χ4n) is 4.65. The van der Waals surface area contributed by atoms with E-state index in [9.17, 15) is 14.3 Å². The predicted molar refractivity (Wildman–Crippen MR) is 127 cm³/mol. The molecule has 0 radical (unpaired) electrons. The summed E-state index contributed by atoms with van der Waals surface area (Å²) in [6.07, 6.45) is 2.38. The highest BCUT2D eigenvalue weighted by atomic mass is 35.5. The van der Waals surface area contributed by atoms with E-state index in [1.807, 2.05) is 38.1 Å². The number of carbonyl (C=O) groups is 1. The van der Waals surface area contributed by atoms with E-state index in [1.54, 1.807) is 6.07 Å². The van der Waals surface area contributed by atoms with Gasteiger partial charge in [0.2, 0.25) is 0 Å². The van der Waals surface area contributed by atoms with Crippen molar-refractivity contribution in [2.24, 2.45) is 0 Å². The van der Waals surface area contributed by atoms with Crippen molar-refractivity contribution in [3.05, 3.63) is 69.5 Å². The van der Waals surface area contributed by atoms with Crippen LogP contribution in [0, 0.1) is 12.7 Å². The third-order valence-electron chi connectivity index (χ3n) is 6.41. The van der Waals surface area contributed by atoms with Gasteiger partial charge in [-0.25, -0.2) is 4.39 Å². The third kappa shape index (κ3) is 7.24. The van der Waals surface area contributed by atoms with Crippen molar-refractivity contribution in [3.63, 3.8) is 0 Å². The summed E-state index contributed by atoms with van der Waals surface area (Å²) in [4.78, 5) is 13.3. The molecule has 33 heavy (non-hydrogen) atoms. The van der Waals surface area contributed by atoms with Gasteiger partial charge in [-0.1, -0.05) is 35.9 Å². The number of aliphatic hydroxyl groups is 1. The maximum Gasteiger partial charge on any atom is 0.303 e. The highest BCUT2D eigenvalue weighted by molar-refractivity contribution is 6.30. The van der Waals surface area contributed by atoms with E-state index < -0.39 is 17.9 Å². The van der Waals surface area contributed by atoms with Gasteiger partial charge in [-0.15, -0.1) is 0 Å². The van der Waals surface area contributed by atoms with Crippen LogP contribution in [-0.4, -0.2) is 52.9 Å². The number of aliphatic carboxylic acids is 1. The zero-order valence-corrected chi connectivity index (χ0v) is 20.0. The Hall–Kier alpha value is -1.99. The van der Waals surface area contributed by atoms with Crippen LogP contribution in [0.4, 0.5) is 4.39 Å². The van der Waals surface area contributed by atoms with E-state index in [0.717, 1.165) is 41.6 Å². The molecule has 7 heteroatoms. The summed E-state index contributed by atoms with van der Waals surface area (Å²) in [5, 5.41) is 19.8. The smallest absolute Gasteiger partial charge is 0.303 e. The largest absolute Gasteiger partial charge is 0.481 e. The van der Waals surface area contributed by atoms with Gasteiger partial charge in [-0.3, -0.25) is 9.69 Å². The topological polar surface area (TPSA) is 70.0 Å². The van der Waals surface area contributed by atoms with Gasteiger partial charge < -0.3 is 14.9 Å². The number of nitrogens with zero attached hydrogens (tertiary/aromatic N) is 1. The molecule has 3 atom stereocenters. The molecule has 1 fully saturated rings. The fraction of sp³-hybridized carbons (Fsp3) is 0.500. The number of hydrogen-bond acceptors (Lipinski definition) is 4. The van der Waals surface area contributed by atoms with E-state index in [2.05, 4.69) is 4.90 Å². The molecule has 0 aliphatic carbocycles. The van der Waals surface area contributed by atoms with E-state index >= 15 is 0 Å². The van der Waals surface area contributed by atoms with Gasteiger partial charge in [-0.05, 0) is 80.5 Å². The first-order valence-corrected chi connectivity index (χ1v) is 11.9. The average molecular weight is 478 g/mol. The quantitative estimate of drug-likeness (QED) is 0.479. The van der Waals surface area contributed by atoms with Crippen LogP contribution in [0.2, 0.25) is 5.02 Å². The molecule has 3 rings (SSSR count). The number of benzene rings is 2. The summed E-state index contributed by atoms with van der Waals surface area (Å²) in [5.74, 6) is -1.23. The van der Waals surface area contributed by atoms with Crippen LogP contribution >= 0.6 is 11.6 Å². The molecule has 2 aromatic carbocycles. The molecule has 1 aliphatic heterocycles. The average Bonchev–Trinajstić information content (AvgIpc) is 3.19. The minimum atomic E-state index is -0.824. The summed E-state index contributed by atoms with van der Waals surface area (Å²) in [7, 11) is 0. The monoisotopic (exact) mass is 477 g/mol. The Morgan fingerprint density at radius 1 is 1.33 bits per heavy atom. The summed E-state index contributed by atoms with van der Waals surface area (Å²) < 4.78 is 19.8. The van der Waals surface area contributed by atoms with Crippen molar-refractivity contribution < 1.29 is 24.1 Å². The molecule has 0 bridgehead atoms. The molecule has 1 saturated heterocycles. The minimum absolute atomic E-state index is 0.0705. The Bertz CT molecular complexity index is 954. The minimum Gasteiger partial charge on any atom is -0.481 e. The van der Waals surface area contributed by atoms with Crippen LogP contribution in [0.3, 0.4) is 0 Å². The van der Waals surface area contributed by atoms with Crippen LogP contribution in [0.15, 0.2) is 36.4 Å². The first-order valence-electron chi connectivity index (χ1n) is 11.5. The van der Waals surface area contributed by atoms with Crippen LogP contribution in [0.25, 0.3) is 0 Å². The number of aliphatic hydroxyl groups excluding tert-OH is 1. The molecule has 0 saturated carbocycles. The van der Waals surface area contributed by atoms with Crippen molar-refractivity contribution >= 4 is 17.6 Å². The number of carboxylic acid groups (broad SMARTS) is 1. The lowest BCUT2D eigenvalue weighted by Crippen LogP contribution is -2.39. The maximum absolute atomic E-state index is 13.8. The van der Waals surface area contributed by atoms with Crippen molar-refractivity contribution in [2.45, 2.75) is 64.2 Å². The molecular formula is C26H33ClFNO4. The van der Waals surface area contributed by atoms with Crippen molar-refractivity contribution in [1.29, 1.82) is 0 Å². The molecule has 1 aliphatic rings. The first kappa shape index (κ1) is 25.6. The van der Waals surface area contributed by atoms with Gasteiger partial charge in [0.25, 0.3) is 0 Å². The number of aryl methyl sites for hydroxylation is 1. The second kappa shape index (κ2) is 11.9. The Morgan fingerprint density at radius 3 is 2.85 bits per heavy atom. The Morgan fingerprint density at radius 2 is 2.12 bits per heavy atom. The maximum atomic E-state index is 13.8. The molecule has 0 unspecified atom stereocenters. The number of hydrogen-bond donors (Lipinski definition) is 2. The molecule has 2 N–H and O–H groups in total. The number of likely N-dealkylation sites (tertiary alicyclic amines) is 1. The molecule has 180 valence electrons. The van der Waals surface area contributed by atoms with Crippen molar-refractivity contribution in [1.82, 2.24) is 4.90 Å². The van der Waals surface area contributed by atoms with Gasteiger partial charge in [0.05, 0.1) is 23.8 Å². The molecule has 1 heterocycles. The Kier molecular flexibility index (Phi) is 9.27. The lowest BCUT2D eigenvalue weighted by atomic mass is 9.95. The zero-order chi connectivity index (χ0) is 24.0. The normalized spacial score (nSPS) is 18.4. The van der Waals surface area contributed by atoms with Gasteiger partial charge in [0.15, 0.2) is 0 Å². The lowest BCUT2D eigenvalue weighted by molar-refractivity contribution is -0.136. The van der Waals surface area contributed by atoms with E-state index in [-0.39, 0.29) is 30.2 Å². The van der Waals surface area contributed by atoms with E-state index in [1.165, 1.54) is 6.07 Å². The number of halogens is 2. The predicted octanol–water partition coefficient (Wildman–Crippen LogP) is 4.95. The van der Waals surface area contributed by atoms with Gasteiger partial charge in [0, 0.05) is 19.0 Å². The van der Waals surface area contributed by atoms with E-state index in [4.69, 9.17) is 21.4 Å². The highest BCUT2D eigenvalue weighted by Crippen LogP contribution is 2.26. The molecule has 0 spiro atoms. The molecule has 0 amide bonds. The number of β-amino-alcohol motifs (C(OH)–C–C–N with tert-alkyl or cyclic N) is 1.